The summed E-state index contributed by atoms with van der Waals surface area (Å²) in [7, 11) is 1.59. The van der Waals surface area contributed by atoms with Crippen LogP contribution in [0.5, 0.6) is 11.5 Å². The van der Waals surface area contributed by atoms with Crippen LogP contribution in [0, 0.1) is 0 Å². The molecule has 0 radical (unpaired) electrons. The van der Waals surface area contributed by atoms with Gasteiger partial charge < -0.3 is 24.0 Å². The fourth-order valence-corrected chi connectivity index (χ4v) is 3.37. The van der Waals surface area contributed by atoms with Crippen molar-refractivity contribution in [2.45, 2.75) is 13.3 Å². The highest BCUT2D eigenvalue weighted by molar-refractivity contribution is 5.94. The molecule has 0 bridgehead atoms. The fourth-order valence-electron chi connectivity index (χ4n) is 3.37. The minimum Gasteiger partial charge on any atom is -0.496 e. The zero-order valence-electron chi connectivity index (χ0n) is 17.7. The molecule has 1 saturated heterocycles. The Morgan fingerprint density at radius 1 is 0.903 bits per heavy atom. The van der Waals surface area contributed by atoms with Crippen molar-refractivity contribution < 1.29 is 28.6 Å². The van der Waals surface area contributed by atoms with Gasteiger partial charge in [0.15, 0.2) is 0 Å². The zero-order chi connectivity index (χ0) is 22.2. The van der Waals surface area contributed by atoms with Gasteiger partial charge in [0.1, 0.15) is 11.5 Å². The summed E-state index contributed by atoms with van der Waals surface area (Å²) in [5.41, 5.74) is 1.34. The van der Waals surface area contributed by atoms with Crippen LogP contribution in [0.4, 0.5) is 4.79 Å². The predicted octanol–water partition coefficient (Wildman–Crippen LogP) is 2.76. The molecule has 2 aromatic carbocycles. The molecule has 0 N–H and O–H groups in total. The van der Waals surface area contributed by atoms with Crippen molar-refractivity contribution in [3.8, 4) is 11.5 Å². The topological polar surface area (TPSA) is 85.4 Å². The molecule has 3 rings (SSSR count). The van der Waals surface area contributed by atoms with Crippen LogP contribution in [0.1, 0.15) is 22.8 Å². The number of rotatable bonds is 6. The molecular weight excluding hydrogens is 400 g/mol. The summed E-state index contributed by atoms with van der Waals surface area (Å²) < 4.78 is 15.0. The second-order valence-electron chi connectivity index (χ2n) is 6.97. The average molecular weight is 426 g/mol. The summed E-state index contributed by atoms with van der Waals surface area (Å²) in [6.45, 7) is 3.78. The number of para-hydroxylation sites is 1. The smallest absolute Gasteiger partial charge is 0.496 e. The summed E-state index contributed by atoms with van der Waals surface area (Å²) in [5.74, 6) is 0.887. The monoisotopic (exact) mass is 426 g/mol. The lowest BCUT2D eigenvalue weighted by atomic mass is 10.1. The molecule has 1 aliphatic rings. The number of nitrogens with zero attached hydrogens (tertiary/aromatic N) is 2. The molecule has 2 amide bonds. The van der Waals surface area contributed by atoms with Crippen LogP contribution >= 0.6 is 0 Å². The van der Waals surface area contributed by atoms with Crippen molar-refractivity contribution in [2.75, 3.05) is 39.9 Å². The first-order valence-corrected chi connectivity index (χ1v) is 10.2. The third-order valence-electron chi connectivity index (χ3n) is 5.02. The number of piperazine rings is 1. The van der Waals surface area contributed by atoms with Gasteiger partial charge in [-0.15, -0.1) is 0 Å². The quantitative estimate of drug-likeness (QED) is 0.522. The van der Waals surface area contributed by atoms with Crippen molar-refractivity contribution in [3.05, 3.63) is 59.7 Å². The van der Waals surface area contributed by atoms with Gasteiger partial charge in [-0.3, -0.25) is 9.59 Å². The predicted molar refractivity (Wildman–Crippen MR) is 113 cm³/mol. The molecule has 0 spiro atoms. The molecule has 8 nitrogen and oxygen atoms in total. The molecule has 1 aliphatic heterocycles. The van der Waals surface area contributed by atoms with Crippen molar-refractivity contribution in [3.63, 3.8) is 0 Å². The summed E-state index contributed by atoms with van der Waals surface area (Å²) in [6, 6.07) is 13.8. The first kappa shape index (κ1) is 22.1. The van der Waals surface area contributed by atoms with E-state index in [1.165, 1.54) is 0 Å². The summed E-state index contributed by atoms with van der Waals surface area (Å²) >= 11 is 0. The van der Waals surface area contributed by atoms with E-state index in [-0.39, 0.29) is 24.8 Å². The maximum Gasteiger partial charge on any atom is 0.513 e. The molecular formula is C23H26N2O6. The summed E-state index contributed by atoms with van der Waals surface area (Å²) in [5, 5.41) is 0. The Labute approximate surface area is 181 Å². The van der Waals surface area contributed by atoms with Gasteiger partial charge in [0.05, 0.1) is 20.1 Å². The van der Waals surface area contributed by atoms with Gasteiger partial charge in [-0.05, 0) is 37.3 Å². The largest absolute Gasteiger partial charge is 0.513 e. The number of benzene rings is 2. The van der Waals surface area contributed by atoms with Crippen LogP contribution in [0.25, 0.3) is 0 Å². The molecule has 0 aliphatic carbocycles. The van der Waals surface area contributed by atoms with Crippen LogP contribution < -0.4 is 9.47 Å². The minimum absolute atomic E-state index is 0.0112. The zero-order valence-corrected chi connectivity index (χ0v) is 17.7. The number of methoxy groups -OCH3 is 1. The van der Waals surface area contributed by atoms with Crippen LogP contribution in [0.15, 0.2) is 48.5 Å². The normalized spacial score (nSPS) is 13.5. The summed E-state index contributed by atoms with van der Waals surface area (Å²) in [6.07, 6.45) is -0.518. The van der Waals surface area contributed by atoms with Crippen LogP contribution in [-0.2, 0) is 16.0 Å². The van der Waals surface area contributed by atoms with Crippen molar-refractivity contribution in [1.29, 1.82) is 0 Å². The van der Waals surface area contributed by atoms with Crippen LogP contribution in [0.3, 0.4) is 0 Å². The fraction of sp³-hybridized carbons (Fsp3) is 0.348. The Hall–Kier alpha value is -3.55. The maximum absolute atomic E-state index is 12.8. The third-order valence-corrected chi connectivity index (χ3v) is 5.02. The van der Waals surface area contributed by atoms with E-state index in [1.807, 2.05) is 24.3 Å². The number of amides is 2. The average Bonchev–Trinajstić information content (AvgIpc) is 2.79. The first-order valence-electron chi connectivity index (χ1n) is 10.2. The van der Waals surface area contributed by atoms with Crippen molar-refractivity contribution in [1.82, 2.24) is 9.80 Å². The Morgan fingerprint density at radius 3 is 2.19 bits per heavy atom. The van der Waals surface area contributed by atoms with E-state index in [2.05, 4.69) is 0 Å². The van der Waals surface area contributed by atoms with Gasteiger partial charge in [-0.2, -0.15) is 0 Å². The molecule has 0 saturated carbocycles. The second-order valence-corrected chi connectivity index (χ2v) is 6.97. The van der Waals surface area contributed by atoms with Crippen LogP contribution in [0.2, 0.25) is 0 Å². The molecule has 8 heteroatoms. The molecule has 0 atom stereocenters. The van der Waals surface area contributed by atoms with E-state index in [0.717, 1.165) is 5.56 Å². The molecule has 0 aromatic heterocycles. The van der Waals surface area contributed by atoms with E-state index in [1.54, 1.807) is 48.1 Å². The van der Waals surface area contributed by atoms with E-state index >= 15 is 0 Å². The van der Waals surface area contributed by atoms with E-state index in [9.17, 15) is 14.4 Å². The maximum atomic E-state index is 12.8. The number of hydrogen-bond donors (Lipinski definition) is 0. The molecule has 0 unspecified atom stereocenters. The van der Waals surface area contributed by atoms with Gasteiger partial charge >= 0.3 is 6.16 Å². The molecule has 31 heavy (non-hydrogen) atoms. The van der Waals surface area contributed by atoms with Gasteiger partial charge in [0.2, 0.25) is 5.91 Å². The highest BCUT2D eigenvalue weighted by Gasteiger charge is 2.25. The molecule has 164 valence electrons. The Bertz CT molecular complexity index is 920. The van der Waals surface area contributed by atoms with Gasteiger partial charge in [-0.25, -0.2) is 4.79 Å². The Kier molecular flexibility index (Phi) is 7.48. The number of carbonyl (C=O) groups excluding carboxylic acids is 3. The number of ether oxygens (including phenoxy) is 3. The number of carbonyl (C=O) groups is 3. The van der Waals surface area contributed by atoms with Crippen molar-refractivity contribution in [2.24, 2.45) is 0 Å². The van der Waals surface area contributed by atoms with Crippen molar-refractivity contribution >= 4 is 18.0 Å². The standard InChI is InChI=1S/C23H26N2O6/c1-3-30-23(28)31-19-10-8-17(9-11-19)22(27)25-14-12-24(13-15-25)21(26)16-18-6-4-5-7-20(18)29-2/h4-11H,3,12-16H2,1-2H3. The summed E-state index contributed by atoms with van der Waals surface area (Å²) in [4.78, 5) is 40.3. The van der Waals surface area contributed by atoms with Gasteiger partial charge in [0, 0.05) is 37.3 Å². The van der Waals surface area contributed by atoms with Gasteiger partial charge in [0.25, 0.3) is 5.91 Å². The lowest BCUT2D eigenvalue weighted by Gasteiger charge is -2.35. The van der Waals surface area contributed by atoms with E-state index in [0.29, 0.717) is 43.2 Å². The molecule has 1 heterocycles. The van der Waals surface area contributed by atoms with Gasteiger partial charge in [-0.1, -0.05) is 18.2 Å². The molecule has 1 fully saturated rings. The Morgan fingerprint density at radius 2 is 1.55 bits per heavy atom. The lowest BCUT2D eigenvalue weighted by molar-refractivity contribution is -0.131. The van der Waals surface area contributed by atoms with Crippen LogP contribution in [-0.4, -0.2) is 67.7 Å². The highest BCUT2D eigenvalue weighted by Crippen LogP contribution is 2.19. The minimum atomic E-state index is -0.782. The first-order chi connectivity index (χ1) is 15.0. The number of hydrogen-bond acceptors (Lipinski definition) is 6. The molecule has 2 aromatic rings. The Balaban J connectivity index is 1.52. The van der Waals surface area contributed by atoms with E-state index < -0.39 is 6.16 Å². The van der Waals surface area contributed by atoms with E-state index in [4.69, 9.17) is 14.2 Å². The SMILES string of the molecule is CCOC(=O)Oc1ccc(C(=O)N2CCN(C(=O)Cc3ccccc3OC)CC2)cc1. The third kappa shape index (κ3) is 5.75. The highest BCUT2D eigenvalue weighted by atomic mass is 16.7. The lowest BCUT2D eigenvalue weighted by Crippen LogP contribution is -2.51. The second kappa shape index (κ2) is 10.5.